The molecule has 2 fully saturated rings. The zero-order chi connectivity index (χ0) is 40.5. The third-order valence-electron chi connectivity index (χ3n) is 10.2. The minimum atomic E-state index is -0.994. The number of amides is 5. The highest BCUT2D eigenvalue weighted by atomic mass is 16.6. The second-order valence-electron chi connectivity index (χ2n) is 15.5. The standard InChI is InChI=1S/C41H49N9O7/c1-41(2,3)57-39(54)42-25-27-10-14-30(15-11-27)36(51)44-34(37(52)43-31-18-16-29(17-19-31)35-45-47-48-46-35)24-26-8-12-28(13-9-26)32-6-4-5-7-33(32)38(53)49-20-22-50(23-21-49)40(55)56/h4-9,12-13,16-19,27,30,34H,10-11,14-15,20-25H2,1-3H3,(H,42,54)(H,43,52)(H,44,51)(H,55,56)(H,45,46,47,48)/t27?,30?,34-/m0/s1. The summed E-state index contributed by atoms with van der Waals surface area (Å²) in [5.41, 5.74) is 3.52. The molecule has 1 aliphatic heterocycles. The number of carbonyl (C=O) groups excluding carboxylic acids is 4. The van der Waals surface area contributed by atoms with Gasteiger partial charge in [-0.25, -0.2) is 9.59 Å². The summed E-state index contributed by atoms with van der Waals surface area (Å²) in [7, 11) is 0. The molecule has 2 aliphatic rings. The van der Waals surface area contributed by atoms with Crippen LogP contribution in [0.2, 0.25) is 0 Å². The van der Waals surface area contributed by atoms with Gasteiger partial charge in [0, 0.05) is 61.9 Å². The fraction of sp³-hybridized carbons (Fsp3) is 0.415. The van der Waals surface area contributed by atoms with E-state index in [0.717, 1.165) is 29.5 Å². The number of carboxylic acid groups (broad SMARTS) is 1. The van der Waals surface area contributed by atoms with E-state index >= 15 is 0 Å². The number of anilines is 1. The van der Waals surface area contributed by atoms with Crippen LogP contribution < -0.4 is 16.0 Å². The number of benzene rings is 3. The van der Waals surface area contributed by atoms with Gasteiger partial charge >= 0.3 is 12.2 Å². The summed E-state index contributed by atoms with van der Waals surface area (Å²) in [5.74, 6) is -0.392. The number of nitrogens with one attached hydrogen (secondary N) is 4. The average molecular weight is 780 g/mol. The highest BCUT2D eigenvalue weighted by Crippen LogP contribution is 2.30. The maximum absolute atomic E-state index is 13.9. The van der Waals surface area contributed by atoms with Crippen molar-refractivity contribution in [2.24, 2.45) is 11.8 Å². The van der Waals surface area contributed by atoms with Crippen molar-refractivity contribution in [2.75, 3.05) is 38.0 Å². The van der Waals surface area contributed by atoms with Crippen LogP contribution in [-0.4, -0.2) is 110 Å². The van der Waals surface area contributed by atoms with Gasteiger partial charge in [-0.15, -0.1) is 10.2 Å². The highest BCUT2D eigenvalue weighted by Gasteiger charge is 2.31. The Hall–Kier alpha value is -6.32. The van der Waals surface area contributed by atoms with E-state index in [1.54, 1.807) is 41.3 Å². The molecule has 16 nitrogen and oxygen atoms in total. The van der Waals surface area contributed by atoms with Gasteiger partial charge in [0.05, 0.1) is 0 Å². The zero-order valence-corrected chi connectivity index (χ0v) is 32.4. The summed E-state index contributed by atoms with van der Waals surface area (Å²) in [6.45, 7) is 7.04. The number of hydrogen-bond donors (Lipinski definition) is 5. The number of ether oxygens (including phenoxy) is 1. The number of rotatable bonds is 11. The second kappa shape index (κ2) is 18.1. The Kier molecular flexibility index (Phi) is 12.8. The van der Waals surface area contributed by atoms with Crippen molar-refractivity contribution in [3.05, 3.63) is 83.9 Å². The van der Waals surface area contributed by atoms with Gasteiger partial charge in [-0.05, 0) is 105 Å². The lowest BCUT2D eigenvalue weighted by Crippen LogP contribution is -2.50. The molecule has 5 N–H and O–H groups in total. The van der Waals surface area contributed by atoms with E-state index in [4.69, 9.17) is 4.74 Å². The van der Waals surface area contributed by atoms with Crippen molar-refractivity contribution in [2.45, 2.75) is 64.5 Å². The third-order valence-corrected chi connectivity index (χ3v) is 10.2. The Morgan fingerprint density at radius 1 is 0.860 bits per heavy atom. The van der Waals surface area contributed by atoms with E-state index in [1.807, 2.05) is 57.2 Å². The maximum Gasteiger partial charge on any atom is 0.407 e. The normalized spacial score (nSPS) is 17.6. The van der Waals surface area contributed by atoms with Gasteiger partial charge in [0.15, 0.2) is 0 Å². The summed E-state index contributed by atoms with van der Waals surface area (Å²) in [6.07, 6.45) is 1.51. The first-order valence-electron chi connectivity index (χ1n) is 19.2. The Balaban J connectivity index is 1.13. The summed E-state index contributed by atoms with van der Waals surface area (Å²) < 4.78 is 5.35. The molecule has 1 atom stereocenters. The number of aromatic nitrogens is 4. The Bertz CT molecular complexity index is 2020. The van der Waals surface area contributed by atoms with Gasteiger partial charge in [0.25, 0.3) is 5.91 Å². The molecule has 0 spiro atoms. The van der Waals surface area contributed by atoms with Gasteiger partial charge in [-0.2, -0.15) is 5.21 Å². The predicted molar refractivity (Wildman–Crippen MR) is 211 cm³/mol. The number of H-pyrrole nitrogens is 1. The summed E-state index contributed by atoms with van der Waals surface area (Å²) >= 11 is 0. The second-order valence-corrected chi connectivity index (χ2v) is 15.5. The van der Waals surface area contributed by atoms with Gasteiger partial charge in [0.1, 0.15) is 11.6 Å². The first-order chi connectivity index (χ1) is 27.3. The number of alkyl carbamates (subject to hydrolysis) is 1. The lowest BCUT2D eigenvalue weighted by molar-refractivity contribution is -0.130. The lowest BCUT2D eigenvalue weighted by Gasteiger charge is -2.33. The summed E-state index contributed by atoms with van der Waals surface area (Å²) in [6, 6.07) is 21.0. The van der Waals surface area contributed by atoms with Crippen LogP contribution in [0.15, 0.2) is 72.8 Å². The topological polar surface area (TPSA) is 212 Å². The molecule has 1 saturated carbocycles. The molecule has 1 saturated heterocycles. The first kappa shape index (κ1) is 40.3. The van der Waals surface area contributed by atoms with Gasteiger partial charge in [0.2, 0.25) is 17.6 Å². The molecule has 57 heavy (non-hydrogen) atoms. The Morgan fingerprint density at radius 3 is 2.14 bits per heavy atom. The average Bonchev–Trinajstić information content (AvgIpc) is 3.75. The van der Waals surface area contributed by atoms with E-state index in [0.29, 0.717) is 55.1 Å². The molecular weight excluding hydrogens is 731 g/mol. The van der Waals surface area contributed by atoms with Crippen LogP contribution >= 0.6 is 0 Å². The van der Waals surface area contributed by atoms with Crippen molar-refractivity contribution in [1.82, 2.24) is 41.1 Å². The van der Waals surface area contributed by atoms with E-state index in [1.165, 1.54) is 4.90 Å². The minimum absolute atomic E-state index is 0.169. The molecule has 3 aromatic carbocycles. The van der Waals surface area contributed by atoms with Crippen molar-refractivity contribution in [3.63, 3.8) is 0 Å². The number of hydrogen-bond acceptors (Lipinski definition) is 9. The number of carbonyl (C=O) groups is 5. The molecule has 0 unspecified atom stereocenters. The Morgan fingerprint density at radius 2 is 1.51 bits per heavy atom. The van der Waals surface area contributed by atoms with E-state index in [9.17, 15) is 29.1 Å². The van der Waals surface area contributed by atoms with E-state index < -0.39 is 23.8 Å². The molecule has 0 bridgehead atoms. The quantitative estimate of drug-likeness (QED) is 0.138. The molecule has 2 heterocycles. The smallest absolute Gasteiger partial charge is 0.407 e. The van der Waals surface area contributed by atoms with Crippen LogP contribution in [0.25, 0.3) is 22.5 Å². The maximum atomic E-state index is 13.9. The van der Waals surface area contributed by atoms with Crippen LogP contribution in [0.1, 0.15) is 62.4 Å². The van der Waals surface area contributed by atoms with Crippen molar-refractivity contribution >= 4 is 35.6 Å². The van der Waals surface area contributed by atoms with E-state index in [-0.39, 0.29) is 49.1 Å². The molecule has 5 amide bonds. The van der Waals surface area contributed by atoms with Crippen LogP contribution in [0.5, 0.6) is 0 Å². The van der Waals surface area contributed by atoms with Gasteiger partial charge in [-0.1, -0.05) is 42.5 Å². The third kappa shape index (κ3) is 10.9. The molecule has 6 rings (SSSR count). The largest absolute Gasteiger partial charge is 0.465 e. The highest BCUT2D eigenvalue weighted by molar-refractivity contribution is 6.01. The fourth-order valence-corrected chi connectivity index (χ4v) is 7.13. The van der Waals surface area contributed by atoms with Crippen LogP contribution in [-0.2, 0) is 20.7 Å². The molecule has 16 heteroatoms. The molecule has 0 radical (unpaired) electrons. The van der Waals surface area contributed by atoms with Crippen molar-refractivity contribution < 1.29 is 33.8 Å². The minimum Gasteiger partial charge on any atom is -0.465 e. The zero-order valence-electron chi connectivity index (χ0n) is 32.4. The summed E-state index contributed by atoms with van der Waals surface area (Å²) in [4.78, 5) is 67.7. The van der Waals surface area contributed by atoms with Gasteiger partial charge < -0.3 is 35.6 Å². The molecular formula is C41H49N9O7. The van der Waals surface area contributed by atoms with Crippen molar-refractivity contribution in [1.29, 1.82) is 0 Å². The predicted octanol–water partition coefficient (Wildman–Crippen LogP) is 4.97. The van der Waals surface area contributed by atoms with Crippen molar-refractivity contribution in [3.8, 4) is 22.5 Å². The fourth-order valence-electron chi connectivity index (χ4n) is 7.13. The van der Waals surface area contributed by atoms with Crippen LogP contribution in [0, 0.1) is 11.8 Å². The number of nitrogens with zero attached hydrogens (tertiary/aromatic N) is 5. The Labute approximate surface area is 330 Å². The number of aromatic amines is 1. The number of tetrazole rings is 1. The van der Waals surface area contributed by atoms with Crippen LogP contribution in [0.3, 0.4) is 0 Å². The SMILES string of the molecule is CC(C)(C)OC(=O)NCC1CCC(C(=O)N[C@@H](Cc2ccc(-c3ccccc3C(=O)N3CCN(C(=O)O)CC3)cc2)C(=O)Nc2ccc(-c3nn[nH]n3)cc2)CC1. The lowest BCUT2D eigenvalue weighted by atomic mass is 9.81. The van der Waals surface area contributed by atoms with Crippen LogP contribution in [0.4, 0.5) is 15.3 Å². The first-order valence-corrected chi connectivity index (χ1v) is 19.2. The molecule has 1 aliphatic carbocycles. The number of piperazine rings is 1. The van der Waals surface area contributed by atoms with E-state index in [2.05, 4.69) is 36.6 Å². The summed E-state index contributed by atoms with van der Waals surface area (Å²) in [5, 5.41) is 32.1. The monoisotopic (exact) mass is 779 g/mol. The van der Waals surface area contributed by atoms with Gasteiger partial charge in [-0.3, -0.25) is 14.4 Å². The molecule has 300 valence electrons. The molecule has 1 aromatic heterocycles. The molecule has 4 aromatic rings.